The molecule has 5 nitrogen and oxygen atoms in total. The van der Waals surface area contributed by atoms with Crippen LogP contribution in [0.5, 0.6) is 11.5 Å². The Morgan fingerprint density at radius 1 is 1.10 bits per heavy atom. The maximum Gasteiger partial charge on any atom is 0.343 e. The number of hydrogen-bond donors (Lipinski definition) is 0. The molecule has 2 aromatic rings. The zero-order chi connectivity index (χ0) is 21.3. The van der Waals surface area contributed by atoms with Gasteiger partial charge in [0.05, 0.1) is 19.8 Å². The third-order valence-electron chi connectivity index (χ3n) is 6.72. The highest BCUT2D eigenvalue weighted by Crippen LogP contribution is 2.49. The zero-order valence-corrected chi connectivity index (χ0v) is 18.1. The monoisotopic (exact) mass is 407 g/mol. The number of likely N-dealkylation sites (tertiary alicyclic amines) is 1. The molecular formula is C25H29NO4. The van der Waals surface area contributed by atoms with Crippen molar-refractivity contribution in [3.05, 3.63) is 71.0 Å². The van der Waals surface area contributed by atoms with Crippen LogP contribution >= 0.6 is 0 Å². The number of benzene rings is 2. The van der Waals surface area contributed by atoms with Crippen molar-refractivity contribution in [3.8, 4) is 11.5 Å². The molecule has 30 heavy (non-hydrogen) atoms. The third-order valence-corrected chi connectivity index (χ3v) is 6.72. The lowest BCUT2D eigenvalue weighted by molar-refractivity contribution is 0.0579. The Morgan fingerprint density at radius 3 is 2.60 bits per heavy atom. The molecule has 0 N–H and O–H groups in total. The fraction of sp³-hybridized carbons (Fsp3) is 0.400. The quantitative estimate of drug-likeness (QED) is 0.684. The van der Waals surface area contributed by atoms with Crippen LogP contribution in [0, 0.1) is 6.92 Å². The van der Waals surface area contributed by atoms with Gasteiger partial charge in [-0.05, 0) is 68.8 Å². The molecule has 0 bridgehead atoms. The number of ether oxygens (including phenoxy) is 3. The summed E-state index contributed by atoms with van der Waals surface area (Å²) in [5.41, 5.74) is 2.77. The summed E-state index contributed by atoms with van der Waals surface area (Å²) in [6.07, 6.45) is 4.69. The van der Waals surface area contributed by atoms with Crippen LogP contribution < -0.4 is 9.47 Å². The molecular weight excluding hydrogens is 378 g/mol. The standard InChI is InChI=1S/C25H29NO4/c1-17-7-5-6-8-20(17)24(27)30-19-11-12-25(13-14-26(2)23(25)16-19)18-9-10-21(28-3)22(15-18)29-4/h5-11,15,23H,12-14,16H2,1-4H3/t23-,25-/m0/s1. The lowest BCUT2D eigenvalue weighted by Crippen LogP contribution is -2.43. The van der Waals surface area contributed by atoms with Gasteiger partial charge >= 0.3 is 5.97 Å². The van der Waals surface area contributed by atoms with Gasteiger partial charge in [0.25, 0.3) is 0 Å². The molecule has 4 rings (SSSR count). The molecule has 0 saturated carbocycles. The minimum atomic E-state index is -0.279. The summed E-state index contributed by atoms with van der Waals surface area (Å²) in [5, 5.41) is 0. The summed E-state index contributed by atoms with van der Waals surface area (Å²) in [7, 11) is 5.47. The minimum Gasteiger partial charge on any atom is -0.493 e. The maximum absolute atomic E-state index is 12.7. The van der Waals surface area contributed by atoms with Crippen LogP contribution in [-0.2, 0) is 10.2 Å². The Balaban J connectivity index is 1.62. The molecule has 0 spiro atoms. The van der Waals surface area contributed by atoms with Crippen LogP contribution in [0.2, 0.25) is 0 Å². The topological polar surface area (TPSA) is 48.0 Å². The van der Waals surface area contributed by atoms with Crippen molar-refractivity contribution in [2.24, 2.45) is 0 Å². The second kappa shape index (κ2) is 8.15. The summed E-state index contributed by atoms with van der Waals surface area (Å²) in [5.74, 6) is 1.97. The van der Waals surface area contributed by atoms with Gasteiger partial charge in [-0.3, -0.25) is 0 Å². The molecule has 0 aromatic heterocycles. The second-order valence-corrected chi connectivity index (χ2v) is 8.26. The Hall–Kier alpha value is -2.79. The SMILES string of the molecule is COc1ccc([C@@]23CC=C(OC(=O)c4ccccc4C)C[C@@H]2N(C)CC3)cc1OC. The Labute approximate surface area is 178 Å². The highest BCUT2D eigenvalue weighted by Gasteiger charge is 2.49. The molecule has 158 valence electrons. The number of esters is 1. The van der Waals surface area contributed by atoms with Crippen LogP contribution in [0.15, 0.2) is 54.3 Å². The first kappa shape index (κ1) is 20.5. The van der Waals surface area contributed by atoms with Crippen LogP contribution in [0.25, 0.3) is 0 Å². The summed E-state index contributed by atoms with van der Waals surface area (Å²) >= 11 is 0. The van der Waals surface area contributed by atoms with Crippen molar-refractivity contribution in [2.45, 2.75) is 37.6 Å². The van der Waals surface area contributed by atoms with Crippen LogP contribution in [0.1, 0.15) is 40.7 Å². The second-order valence-electron chi connectivity index (χ2n) is 8.26. The van der Waals surface area contributed by atoms with Gasteiger partial charge in [-0.25, -0.2) is 4.79 Å². The number of methoxy groups -OCH3 is 2. The molecule has 1 saturated heterocycles. The number of carbonyl (C=O) groups is 1. The molecule has 1 heterocycles. The normalized spacial score (nSPS) is 23.5. The third kappa shape index (κ3) is 3.47. The van der Waals surface area contributed by atoms with Gasteiger partial charge in [0, 0.05) is 17.9 Å². The fourth-order valence-corrected chi connectivity index (χ4v) is 4.94. The van der Waals surface area contributed by atoms with E-state index in [-0.39, 0.29) is 17.4 Å². The van der Waals surface area contributed by atoms with E-state index in [9.17, 15) is 4.79 Å². The van der Waals surface area contributed by atoms with Crippen LogP contribution in [0.4, 0.5) is 0 Å². The lowest BCUT2D eigenvalue weighted by atomic mass is 9.68. The van der Waals surface area contributed by atoms with Gasteiger partial charge < -0.3 is 19.1 Å². The smallest absolute Gasteiger partial charge is 0.343 e. The number of likely N-dealkylation sites (N-methyl/N-ethyl adjacent to an activating group) is 1. The van der Waals surface area contributed by atoms with E-state index in [1.807, 2.05) is 37.3 Å². The molecule has 5 heteroatoms. The average molecular weight is 408 g/mol. The molecule has 2 aromatic carbocycles. The van der Waals surface area contributed by atoms with Gasteiger partial charge in [0.1, 0.15) is 5.76 Å². The molecule has 0 amide bonds. The number of rotatable bonds is 5. The van der Waals surface area contributed by atoms with E-state index in [0.29, 0.717) is 12.0 Å². The largest absolute Gasteiger partial charge is 0.493 e. The Morgan fingerprint density at radius 2 is 1.87 bits per heavy atom. The highest BCUT2D eigenvalue weighted by molar-refractivity contribution is 5.91. The average Bonchev–Trinajstić information content (AvgIpc) is 3.10. The predicted octanol–water partition coefficient (Wildman–Crippen LogP) is 4.49. The number of carbonyl (C=O) groups excluding carboxylic acids is 1. The maximum atomic E-state index is 12.7. The summed E-state index contributed by atoms with van der Waals surface area (Å²) < 4.78 is 16.8. The molecule has 0 radical (unpaired) electrons. The van der Waals surface area contributed by atoms with Crippen LogP contribution in [-0.4, -0.2) is 44.7 Å². The van der Waals surface area contributed by atoms with E-state index in [1.165, 1.54) is 5.56 Å². The van der Waals surface area contributed by atoms with Gasteiger partial charge in [-0.15, -0.1) is 0 Å². The number of aryl methyl sites for hydroxylation is 1. The Kier molecular flexibility index (Phi) is 5.56. The molecule has 2 aliphatic rings. The number of allylic oxidation sites excluding steroid dienone is 1. The number of fused-ring (bicyclic) bond motifs is 1. The number of hydrogen-bond acceptors (Lipinski definition) is 5. The molecule has 0 unspecified atom stereocenters. The van der Waals surface area contributed by atoms with E-state index < -0.39 is 0 Å². The number of nitrogens with zero attached hydrogens (tertiary/aromatic N) is 1. The summed E-state index contributed by atoms with van der Waals surface area (Å²) in [4.78, 5) is 15.1. The molecule has 2 atom stereocenters. The van der Waals surface area contributed by atoms with E-state index in [1.54, 1.807) is 14.2 Å². The molecule has 1 aliphatic carbocycles. The zero-order valence-electron chi connectivity index (χ0n) is 18.1. The van der Waals surface area contributed by atoms with Crippen molar-refractivity contribution in [3.63, 3.8) is 0 Å². The fourth-order valence-electron chi connectivity index (χ4n) is 4.94. The predicted molar refractivity (Wildman–Crippen MR) is 116 cm³/mol. The van der Waals surface area contributed by atoms with Gasteiger partial charge in [-0.2, -0.15) is 0 Å². The molecule has 1 aliphatic heterocycles. The van der Waals surface area contributed by atoms with Crippen molar-refractivity contribution in [2.75, 3.05) is 27.8 Å². The highest BCUT2D eigenvalue weighted by atomic mass is 16.5. The minimum absolute atomic E-state index is 0.0210. The first-order chi connectivity index (χ1) is 14.5. The molecule has 1 fully saturated rings. The van der Waals surface area contributed by atoms with Crippen molar-refractivity contribution in [1.29, 1.82) is 0 Å². The van der Waals surface area contributed by atoms with Crippen molar-refractivity contribution < 1.29 is 19.0 Å². The lowest BCUT2D eigenvalue weighted by Gasteiger charge is -2.40. The van der Waals surface area contributed by atoms with E-state index in [4.69, 9.17) is 14.2 Å². The van der Waals surface area contributed by atoms with Gasteiger partial charge in [-0.1, -0.05) is 24.3 Å². The first-order valence-corrected chi connectivity index (χ1v) is 10.4. The Bertz CT molecular complexity index is 983. The van der Waals surface area contributed by atoms with E-state index in [2.05, 4.69) is 30.2 Å². The first-order valence-electron chi connectivity index (χ1n) is 10.4. The summed E-state index contributed by atoms with van der Waals surface area (Å²) in [6, 6.07) is 14.0. The van der Waals surface area contributed by atoms with Crippen molar-refractivity contribution in [1.82, 2.24) is 4.90 Å². The van der Waals surface area contributed by atoms with Crippen molar-refractivity contribution >= 4 is 5.97 Å². The van der Waals surface area contributed by atoms with E-state index >= 15 is 0 Å². The van der Waals surface area contributed by atoms with E-state index in [0.717, 1.165) is 42.2 Å². The van der Waals surface area contributed by atoms with Crippen LogP contribution in [0.3, 0.4) is 0 Å². The summed E-state index contributed by atoms with van der Waals surface area (Å²) in [6.45, 7) is 2.94. The van der Waals surface area contributed by atoms with Gasteiger partial charge in [0.2, 0.25) is 0 Å². The van der Waals surface area contributed by atoms with Gasteiger partial charge in [0.15, 0.2) is 11.5 Å².